The van der Waals surface area contributed by atoms with Crippen LogP contribution in [0, 0.1) is 6.92 Å². The highest BCUT2D eigenvalue weighted by Crippen LogP contribution is 2.23. The van der Waals surface area contributed by atoms with Gasteiger partial charge in [-0.1, -0.05) is 18.2 Å². The molecule has 0 unspecified atom stereocenters. The third kappa shape index (κ3) is 1.91. The monoisotopic (exact) mass is 228 g/mol. The zero-order chi connectivity index (χ0) is 12.4. The molecule has 2 aromatic carbocycles. The van der Waals surface area contributed by atoms with Crippen LogP contribution in [0.15, 0.2) is 30.3 Å². The third-order valence-corrected chi connectivity index (χ3v) is 2.85. The van der Waals surface area contributed by atoms with Crippen LogP contribution in [-0.4, -0.2) is 19.4 Å². The van der Waals surface area contributed by atoms with E-state index < -0.39 is 0 Å². The molecule has 0 aliphatic rings. The van der Waals surface area contributed by atoms with E-state index in [4.69, 9.17) is 4.74 Å². The molecule has 2 aromatic rings. The first kappa shape index (κ1) is 11.3. The number of methoxy groups -OCH3 is 1. The molecular formula is C14H12O3. The number of carbonyl (C=O) groups excluding carboxylic acids is 2. The van der Waals surface area contributed by atoms with Crippen molar-refractivity contribution in [2.45, 2.75) is 6.92 Å². The van der Waals surface area contributed by atoms with Crippen molar-refractivity contribution in [3.05, 3.63) is 47.0 Å². The Kier molecular flexibility index (Phi) is 2.91. The molecule has 86 valence electrons. The Hall–Kier alpha value is -2.16. The summed E-state index contributed by atoms with van der Waals surface area (Å²) in [5.74, 6) is -0.344. The van der Waals surface area contributed by atoms with Crippen LogP contribution in [0.2, 0.25) is 0 Å². The minimum absolute atomic E-state index is 0.344. The van der Waals surface area contributed by atoms with E-state index in [9.17, 15) is 9.59 Å². The van der Waals surface area contributed by atoms with Gasteiger partial charge in [-0.25, -0.2) is 4.79 Å². The number of aldehydes is 1. The van der Waals surface area contributed by atoms with Crippen LogP contribution < -0.4 is 0 Å². The highest BCUT2D eigenvalue weighted by molar-refractivity contribution is 5.99. The van der Waals surface area contributed by atoms with Gasteiger partial charge in [0.15, 0.2) is 0 Å². The summed E-state index contributed by atoms with van der Waals surface area (Å²) in [6, 6.07) is 8.93. The average molecular weight is 228 g/mol. The van der Waals surface area contributed by atoms with Crippen LogP contribution in [0.25, 0.3) is 10.8 Å². The minimum Gasteiger partial charge on any atom is -0.465 e. The largest absolute Gasteiger partial charge is 0.465 e. The van der Waals surface area contributed by atoms with Gasteiger partial charge in [-0.05, 0) is 35.4 Å². The molecule has 0 atom stereocenters. The lowest BCUT2D eigenvalue weighted by Gasteiger charge is -2.08. The maximum Gasteiger partial charge on any atom is 0.338 e. The normalized spacial score (nSPS) is 10.2. The molecule has 2 rings (SSSR count). The Morgan fingerprint density at radius 3 is 2.65 bits per heavy atom. The molecule has 3 heteroatoms. The highest BCUT2D eigenvalue weighted by Gasteiger charge is 2.11. The number of fused-ring (bicyclic) bond motifs is 1. The minimum atomic E-state index is -0.344. The van der Waals surface area contributed by atoms with Crippen molar-refractivity contribution in [1.82, 2.24) is 0 Å². The second kappa shape index (κ2) is 4.37. The number of hydrogen-bond donors (Lipinski definition) is 0. The lowest BCUT2D eigenvalue weighted by Crippen LogP contribution is -2.03. The van der Waals surface area contributed by atoms with E-state index in [0.717, 1.165) is 22.6 Å². The fraction of sp³-hybridized carbons (Fsp3) is 0.143. The average Bonchev–Trinajstić information content (AvgIpc) is 2.38. The molecule has 17 heavy (non-hydrogen) atoms. The molecular weight excluding hydrogens is 216 g/mol. The summed E-state index contributed by atoms with van der Waals surface area (Å²) >= 11 is 0. The quantitative estimate of drug-likeness (QED) is 0.586. The molecule has 0 saturated heterocycles. The molecule has 0 saturated carbocycles. The zero-order valence-corrected chi connectivity index (χ0v) is 9.69. The van der Waals surface area contributed by atoms with E-state index >= 15 is 0 Å². The van der Waals surface area contributed by atoms with E-state index in [0.29, 0.717) is 11.1 Å². The summed E-state index contributed by atoms with van der Waals surface area (Å²) in [6.45, 7) is 1.87. The standard InChI is InChI=1S/C14H12O3/c1-9-12-5-3-10(8-15)7-11(12)4-6-13(9)14(16)17-2/h3-8H,1-2H3. The number of esters is 1. The van der Waals surface area contributed by atoms with Crippen LogP contribution in [0.4, 0.5) is 0 Å². The fourth-order valence-corrected chi connectivity index (χ4v) is 1.91. The molecule has 0 N–H and O–H groups in total. The molecule has 0 fully saturated rings. The van der Waals surface area contributed by atoms with E-state index in [1.54, 1.807) is 18.2 Å². The smallest absolute Gasteiger partial charge is 0.338 e. The molecule has 3 nitrogen and oxygen atoms in total. The Bertz CT molecular complexity index is 600. The van der Waals surface area contributed by atoms with E-state index in [2.05, 4.69) is 0 Å². The van der Waals surface area contributed by atoms with Gasteiger partial charge < -0.3 is 4.74 Å². The zero-order valence-electron chi connectivity index (χ0n) is 9.69. The van der Waals surface area contributed by atoms with Crippen molar-refractivity contribution in [2.24, 2.45) is 0 Å². The van der Waals surface area contributed by atoms with Gasteiger partial charge in [-0.2, -0.15) is 0 Å². The van der Waals surface area contributed by atoms with Gasteiger partial charge in [0.1, 0.15) is 6.29 Å². The topological polar surface area (TPSA) is 43.4 Å². The molecule has 0 amide bonds. The Morgan fingerprint density at radius 2 is 2.00 bits per heavy atom. The van der Waals surface area contributed by atoms with Crippen molar-refractivity contribution >= 4 is 23.0 Å². The molecule has 0 radical (unpaired) electrons. The summed E-state index contributed by atoms with van der Waals surface area (Å²) in [7, 11) is 1.36. The predicted molar refractivity (Wildman–Crippen MR) is 65.4 cm³/mol. The summed E-state index contributed by atoms with van der Waals surface area (Å²) in [4.78, 5) is 22.2. The number of carbonyl (C=O) groups is 2. The van der Waals surface area contributed by atoms with E-state index in [1.165, 1.54) is 7.11 Å². The number of ether oxygens (including phenoxy) is 1. The number of hydrogen-bond acceptors (Lipinski definition) is 3. The number of aryl methyl sites for hydroxylation is 1. The maximum absolute atomic E-state index is 11.5. The first-order valence-electron chi connectivity index (χ1n) is 5.24. The SMILES string of the molecule is COC(=O)c1ccc2cc(C=O)ccc2c1C. The molecule has 0 aliphatic heterocycles. The molecule has 0 spiro atoms. The molecule has 0 heterocycles. The second-order valence-corrected chi connectivity index (χ2v) is 3.83. The summed E-state index contributed by atoms with van der Waals surface area (Å²) in [5, 5.41) is 1.90. The maximum atomic E-state index is 11.5. The van der Waals surface area contributed by atoms with Crippen LogP contribution in [-0.2, 0) is 4.74 Å². The van der Waals surface area contributed by atoms with Gasteiger partial charge in [0.25, 0.3) is 0 Å². The van der Waals surface area contributed by atoms with Crippen LogP contribution in [0.5, 0.6) is 0 Å². The lowest BCUT2D eigenvalue weighted by molar-refractivity contribution is 0.0600. The Labute approximate surface area is 99.0 Å². The molecule has 0 aromatic heterocycles. The van der Waals surface area contributed by atoms with Crippen molar-refractivity contribution in [2.75, 3.05) is 7.11 Å². The van der Waals surface area contributed by atoms with Gasteiger partial charge in [0.05, 0.1) is 12.7 Å². The van der Waals surface area contributed by atoms with Gasteiger partial charge >= 0.3 is 5.97 Å². The van der Waals surface area contributed by atoms with Gasteiger partial charge in [-0.15, -0.1) is 0 Å². The van der Waals surface area contributed by atoms with Crippen LogP contribution >= 0.6 is 0 Å². The molecule has 0 aliphatic carbocycles. The van der Waals surface area contributed by atoms with E-state index in [1.807, 2.05) is 19.1 Å². The van der Waals surface area contributed by atoms with Crippen molar-refractivity contribution in [3.8, 4) is 0 Å². The summed E-state index contributed by atoms with van der Waals surface area (Å²) in [6.07, 6.45) is 0.809. The number of rotatable bonds is 2. The van der Waals surface area contributed by atoms with Gasteiger partial charge in [0.2, 0.25) is 0 Å². The third-order valence-electron chi connectivity index (χ3n) is 2.85. The second-order valence-electron chi connectivity index (χ2n) is 3.83. The van der Waals surface area contributed by atoms with Gasteiger partial charge in [0, 0.05) is 5.56 Å². The highest BCUT2D eigenvalue weighted by atomic mass is 16.5. The van der Waals surface area contributed by atoms with Crippen LogP contribution in [0.3, 0.4) is 0 Å². The first-order chi connectivity index (χ1) is 8.17. The summed E-state index contributed by atoms with van der Waals surface area (Å²) < 4.78 is 4.72. The Balaban J connectivity index is 2.68. The number of benzene rings is 2. The van der Waals surface area contributed by atoms with Gasteiger partial charge in [-0.3, -0.25) is 4.79 Å². The van der Waals surface area contributed by atoms with Crippen molar-refractivity contribution < 1.29 is 14.3 Å². The summed E-state index contributed by atoms with van der Waals surface area (Å²) in [5.41, 5.74) is 2.05. The molecule has 0 bridgehead atoms. The fourth-order valence-electron chi connectivity index (χ4n) is 1.91. The predicted octanol–water partition coefficient (Wildman–Crippen LogP) is 2.75. The van der Waals surface area contributed by atoms with E-state index in [-0.39, 0.29) is 5.97 Å². The Morgan fingerprint density at radius 1 is 1.24 bits per heavy atom. The van der Waals surface area contributed by atoms with Crippen molar-refractivity contribution in [3.63, 3.8) is 0 Å². The first-order valence-corrected chi connectivity index (χ1v) is 5.24. The van der Waals surface area contributed by atoms with Crippen molar-refractivity contribution in [1.29, 1.82) is 0 Å². The van der Waals surface area contributed by atoms with Crippen LogP contribution in [0.1, 0.15) is 26.3 Å². The lowest BCUT2D eigenvalue weighted by atomic mass is 9.99.